The van der Waals surface area contributed by atoms with Crippen LogP contribution >= 0.6 is 0 Å². The number of allylic oxidation sites excluding steroid dienone is 1. The van der Waals surface area contributed by atoms with Crippen molar-refractivity contribution in [3.63, 3.8) is 0 Å². The maximum absolute atomic E-state index is 9.97. The third kappa shape index (κ3) is 2.93. The molecule has 0 fully saturated rings. The van der Waals surface area contributed by atoms with E-state index in [1.165, 1.54) is 0 Å². The maximum atomic E-state index is 9.97. The van der Waals surface area contributed by atoms with Gasteiger partial charge in [-0.2, -0.15) is 5.10 Å². The van der Waals surface area contributed by atoms with Gasteiger partial charge in [0, 0.05) is 6.54 Å². The molecule has 0 aliphatic heterocycles. The Morgan fingerprint density at radius 1 is 1.53 bits per heavy atom. The number of aryl methyl sites for hydroxylation is 2. The zero-order valence-corrected chi connectivity index (χ0v) is 9.99. The van der Waals surface area contributed by atoms with Gasteiger partial charge in [0.15, 0.2) is 0 Å². The molecule has 0 aromatic carbocycles. The summed E-state index contributed by atoms with van der Waals surface area (Å²) in [4.78, 5) is 0. The molecule has 0 radical (unpaired) electrons. The minimum atomic E-state index is -0.539. The Morgan fingerprint density at radius 3 is 2.67 bits per heavy atom. The van der Waals surface area contributed by atoms with Crippen molar-refractivity contribution in [3.05, 3.63) is 29.1 Å². The van der Waals surface area contributed by atoms with Crippen LogP contribution in [0.1, 0.15) is 45.2 Å². The van der Waals surface area contributed by atoms with Crippen LogP contribution in [0.3, 0.4) is 0 Å². The van der Waals surface area contributed by atoms with E-state index in [4.69, 9.17) is 0 Å². The Morgan fingerprint density at radius 2 is 2.20 bits per heavy atom. The molecule has 15 heavy (non-hydrogen) atoms. The van der Waals surface area contributed by atoms with E-state index in [0.29, 0.717) is 0 Å². The Hall–Kier alpha value is -1.09. The van der Waals surface area contributed by atoms with Gasteiger partial charge in [0.05, 0.1) is 11.4 Å². The van der Waals surface area contributed by atoms with E-state index in [9.17, 15) is 5.11 Å². The summed E-state index contributed by atoms with van der Waals surface area (Å²) < 4.78 is 1.86. The molecule has 84 valence electrons. The second kappa shape index (κ2) is 5.12. The van der Waals surface area contributed by atoms with Crippen molar-refractivity contribution < 1.29 is 5.11 Å². The van der Waals surface area contributed by atoms with Gasteiger partial charge in [-0.25, -0.2) is 0 Å². The highest BCUT2D eigenvalue weighted by Crippen LogP contribution is 2.17. The fourth-order valence-electron chi connectivity index (χ4n) is 1.55. The number of rotatable bonds is 4. The Bertz CT molecular complexity index is 349. The first-order valence-electron chi connectivity index (χ1n) is 5.48. The standard InChI is InChI=1S/C12H20N2O/c1-5-10-8-11(14(6-2)13-10)12(15)7-9(3)4/h7-8,12,15H,5-6H2,1-4H3. The summed E-state index contributed by atoms with van der Waals surface area (Å²) in [5.41, 5.74) is 3.04. The number of hydrogen-bond donors (Lipinski definition) is 1. The van der Waals surface area contributed by atoms with Gasteiger partial charge in [0.2, 0.25) is 0 Å². The first-order chi connectivity index (χ1) is 7.08. The Kier molecular flexibility index (Phi) is 4.09. The van der Waals surface area contributed by atoms with Crippen LogP contribution in [-0.4, -0.2) is 14.9 Å². The van der Waals surface area contributed by atoms with Crippen LogP contribution in [0.5, 0.6) is 0 Å². The molecular weight excluding hydrogens is 188 g/mol. The van der Waals surface area contributed by atoms with E-state index in [2.05, 4.69) is 12.0 Å². The summed E-state index contributed by atoms with van der Waals surface area (Å²) in [5, 5.41) is 14.4. The van der Waals surface area contributed by atoms with E-state index in [1.54, 1.807) is 0 Å². The molecule has 0 aliphatic carbocycles. The van der Waals surface area contributed by atoms with E-state index in [1.807, 2.05) is 37.6 Å². The van der Waals surface area contributed by atoms with Crippen molar-refractivity contribution >= 4 is 0 Å². The highest BCUT2D eigenvalue weighted by atomic mass is 16.3. The fraction of sp³-hybridized carbons (Fsp3) is 0.583. The lowest BCUT2D eigenvalue weighted by molar-refractivity contribution is 0.215. The van der Waals surface area contributed by atoms with Gasteiger partial charge >= 0.3 is 0 Å². The third-order valence-electron chi connectivity index (χ3n) is 2.32. The zero-order chi connectivity index (χ0) is 11.4. The highest BCUT2D eigenvalue weighted by molar-refractivity contribution is 5.18. The maximum Gasteiger partial charge on any atom is 0.114 e. The van der Waals surface area contributed by atoms with Crippen molar-refractivity contribution in [2.75, 3.05) is 0 Å². The van der Waals surface area contributed by atoms with Gasteiger partial charge < -0.3 is 5.11 Å². The first kappa shape index (κ1) is 12.0. The monoisotopic (exact) mass is 208 g/mol. The van der Waals surface area contributed by atoms with Crippen LogP contribution in [0, 0.1) is 0 Å². The molecule has 3 nitrogen and oxygen atoms in total. The number of nitrogens with zero attached hydrogens (tertiary/aromatic N) is 2. The predicted octanol–water partition coefficient (Wildman–Crippen LogP) is 2.47. The predicted molar refractivity (Wildman–Crippen MR) is 61.7 cm³/mol. The molecule has 1 unspecified atom stereocenters. The number of aliphatic hydroxyl groups excluding tert-OH is 1. The van der Waals surface area contributed by atoms with Crippen molar-refractivity contribution in [2.45, 2.75) is 46.8 Å². The molecule has 0 aliphatic rings. The summed E-state index contributed by atoms with van der Waals surface area (Å²) in [7, 11) is 0. The van der Waals surface area contributed by atoms with Gasteiger partial charge in [-0.1, -0.05) is 18.6 Å². The molecule has 0 bridgehead atoms. The van der Waals surface area contributed by atoms with Crippen molar-refractivity contribution in [3.8, 4) is 0 Å². The molecule has 1 heterocycles. The quantitative estimate of drug-likeness (QED) is 0.772. The van der Waals surface area contributed by atoms with E-state index in [-0.39, 0.29) is 0 Å². The largest absolute Gasteiger partial charge is 0.383 e. The van der Waals surface area contributed by atoms with Crippen molar-refractivity contribution in [2.24, 2.45) is 0 Å². The van der Waals surface area contributed by atoms with Gasteiger partial charge in [-0.05, 0) is 33.3 Å². The second-order valence-electron chi connectivity index (χ2n) is 3.92. The molecule has 1 aromatic rings. The Labute approximate surface area is 91.4 Å². The van der Waals surface area contributed by atoms with Crippen LogP contribution in [0.15, 0.2) is 17.7 Å². The normalized spacial score (nSPS) is 12.6. The zero-order valence-electron chi connectivity index (χ0n) is 9.99. The SMILES string of the molecule is CCc1cc(C(O)C=C(C)C)n(CC)n1. The Balaban J connectivity index is 3.01. The number of hydrogen-bond acceptors (Lipinski definition) is 2. The molecule has 1 atom stereocenters. The summed E-state index contributed by atoms with van der Waals surface area (Å²) in [6.07, 6.45) is 2.22. The first-order valence-corrected chi connectivity index (χ1v) is 5.48. The van der Waals surface area contributed by atoms with Crippen LogP contribution < -0.4 is 0 Å². The molecule has 0 spiro atoms. The summed E-state index contributed by atoms with van der Waals surface area (Å²) in [6.45, 7) is 8.86. The average molecular weight is 208 g/mol. The smallest absolute Gasteiger partial charge is 0.114 e. The van der Waals surface area contributed by atoms with Crippen molar-refractivity contribution in [1.82, 2.24) is 9.78 Å². The topological polar surface area (TPSA) is 38.0 Å². The summed E-state index contributed by atoms with van der Waals surface area (Å²) in [5.74, 6) is 0. The molecule has 0 saturated carbocycles. The van der Waals surface area contributed by atoms with E-state index >= 15 is 0 Å². The second-order valence-corrected chi connectivity index (χ2v) is 3.92. The lowest BCUT2D eigenvalue weighted by Gasteiger charge is -2.08. The third-order valence-corrected chi connectivity index (χ3v) is 2.32. The van der Waals surface area contributed by atoms with Crippen LogP contribution in [0.2, 0.25) is 0 Å². The molecule has 1 aromatic heterocycles. The lowest BCUT2D eigenvalue weighted by atomic mass is 10.1. The fourth-order valence-corrected chi connectivity index (χ4v) is 1.55. The highest BCUT2D eigenvalue weighted by Gasteiger charge is 2.12. The minimum Gasteiger partial charge on any atom is -0.383 e. The van der Waals surface area contributed by atoms with Gasteiger partial charge in [0.25, 0.3) is 0 Å². The lowest BCUT2D eigenvalue weighted by Crippen LogP contribution is -2.06. The average Bonchev–Trinajstić information content (AvgIpc) is 2.59. The molecule has 0 saturated heterocycles. The molecule has 1 rings (SSSR count). The molecule has 3 heteroatoms. The van der Waals surface area contributed by atoms with Crippen molar-refractivity contribution in [1.29, 1.82) is 0 Å². The number of aliphatic hydroxyl groups is 1. The summed E-state index contributed by atoms with van der Waals surface area (Å²) >= 11 is 0. The summed E-state index contributed by atoms with van der Waals surface area (Å²) in [6, 6.07) is 1.98. The van der Waals surface area contributed by atoms with Crippen LogP contribution in [0.25, 0.3) is 0 Å². The molecule has 1 N–H and O–H groups in total. The molecule has 0 amide bonds. The van der Waals surface area contributed by atoms with Crippen LogP contribution in [0.4, 0.5) is 0 Å². The van der Waals surface area contributed by atoms with Gasteiger partial charge in [-0.3, -0.25) is 4.68 Å². The van der Waals surface area contributed by atoms with E-state index in [0.717, 1.165) is 29.9 Å². The molecular formula is C12H20N2O. The number of aromatic nitrogens is 2. The van der Waals surface area contributed by atoms with E-state index < -0.39 is 6.10 Å². The van der Waals surface area contributed by atoms with Gasteiger partial charge in [-0.15, -0.1) is 0 Å². The van der Waals surface area contributed by atoms with Crippen LogP contribution in [-0.2, 0) is 13.0 Å². The minimum absolute atomic E-state index is 0.539. The van der Waals surface area contributed by atoms with Gasteiger partial charge in [0.1, 0.15) is 6.10 Å².